The lowest BCUT2D eigenvalue weighted by molar-refractivity contribution is -0.142. The number of likely N-dealkylation sites (tertiary alicyclic amines) is 1. The monoisotopic (exact) mass is 325 g/mol. The molecular weight excluding hydrogens is 310 g/mol. The Morgan fingerprint density at radius 2 is 2.05 bits per heavy atom. The highest BCUT2D eigenvalue weighted by molar-refractivity contribution is 9.10. The van der Waals surface area contributed by atoms with Gasteiger partial charge in [-0.1, -0.05) is 18.6 Å². The number of aryl methyl sites for hydroxylation is 1. The first-order chi connectivity index (χ1) is 8.90. The van der Waals surface area contributed by atoms with Crippen LogP contribution in [0.3, 0.4) is 0 Å². The number of halogens is 1. The van der Waals surface area contributed by atoms with Gasteiger partial charge >= 0.3 is 5.97 Å². The zero-order valence-corrected chi connectivity index (χ0v) is 12.5. The van der Waals surface area contributed by atoms with Crippen LogP contribution in [0.15, 0.2) is 22.7 Å². The van der Waals surface area contributed by atoms with Crippen LogP contribution in [0.4, 0.5) is 0 Å². The smallest absolute Gasteiger partial charge is 0.308 e. The summed E-state index contributed by atoms with van der Waals surface area (Å²) < 4.78 is 0.745. The third-order valence-electron chi connectivity index (χ3n) is 3.57. The standard InChI is InChI=1S/C14H16BrNO3/c1-8-3-4-12(15)10(5-8)13(17)16-6-9(2)11(7-16)14(18)19/h3-5,9,11H,6-7H2,1-2H3,(H,18,19). The van der Waals surface area contributed by atoms with Crippen molar-refractivity contribution in [3.63, 3.8) is 0 Å². The summed E-state index contributed by atoms with van der Waals surface area (Å²) in [6, 6.07) is 5.59. The van der Waals surface area contributed by atoms with E-state index in [-0.39, 0.29) is 18.4 Å². The van der Waals surface area contributed by atoms with Gasteiger partial charge in [0.2, 0.25) is 0 Å². The van der Waals surface area contributed by atoms with Gasteiger partial charge in [-0.05, 0) is 40.9 Å². The molecule has 0 radical (unpaired) electrons. The van der Waals surface area contributed by atoms with Crippen LogP contribution in [0.1, 0.15) is 22.8 Å². The van der Waals surface area contributed by atoms with Gasteiger partial charge in [-0.15, -0.1) is 0 Å². The van der Waals surface area contributed by atoms with Crippen LogP contribution < -0.4 is 0 Å². The van der Waals surface area contributed by atoms with E-state index < -0.39 is 11.9 Å². The van der Waals surface area contributed by atoms with Crippen LogP contribution in [0, 0.1) is 18.8 Å². The largest absolute Gasteiger partial charge is 0.481 e. The predicted molar refractivity (Wildman–Crippen MR) is 75.1 cm³/mol. The molecule has 1 amide bonds. The Labute approximate surface area is 120 Å². The highest BCUT2D eigenvalue weighted by Crippen LogP contribution is 2.27. The van der Waals surface area contributed by atoms with Crippen LogP contribution in [0.2, 0.25) is 0 Å². The Morgan fingerprint density at radius 1 is 1.37 bits per heavy atom. The van der Waals surface area contributed by atoms with E-state index >= 15 is 0 Å². The first kappa shape index (κ1) is 14.1. The molecule has 1 aliphatic rings. The molecule has 1 N–H and O–H groups in total. The molecule has 102 valence electrons. The summed E-state index contributed by atoms with van der Waals surface area (Å²) in [5.41, 5.74) is 1.60. The van der Waals surface area contributed by atoms with Gasteiger partial charge in [0, 0.05) is 17.6 Å². The molecule has 2 unspecified atom stereocenters. The summed E-state index contributed by atoms with van der Waals surface area (Å²) >= 11 is 3.37. The number of nitrogens with zero attached hydrogens (tertiary/aromatic N) is 1. The summed E-state index contributed by atoms with van der Waals surface area (Å²) in [5, 5.41) is 9.11. The van der Waals surface area contributed by atoms with Crippen molar-refractivity contribution in [2.45, 2.75) is 13.8 Å². The van der Waals surface area contributed by atoms with Crippen LogP contribution in [-0.2, 0) is 4.79 Å². The lowest BCUT2D eigenvalue weighted by atomic mass is 9.99. The van der Waals surface area contributed by atoms with Crippen molar-refractivity contribution >= 4 is 27.8 Å². The first-order valence-electron chi connectivity index (χ1n) is 6.18. The molecule has 0 bridgehead atoms. The Kier molecular flexibility index (Phi) is 3.94. The second kappa shape index (κ2) is 5.33. The molecule has 0 aromatic heterocycles. The van der Waals surface area contributed by atoms with E-state index in [1.807, 2.05) is 32.0 Å². The molecule has 1 aromatic rings. The van der Waals surface area contributed by atoms with Crippen molar-refractivity contribution in [2.24, 2.45) is 11.8 Å². The molecule has 2 rings (SSSR count). The van der Waals surface area contributed by atoms with Gasteiger partial charge in [-0.2, -0.15) is 0 Å². The van der Waals surface area contributed by atoms with Gasteiger partial charge in [-0.25, -0.2) is 0 Å². The van der Waals surface area contributed by atoms with Crippen LogP contribution in [0.25, 0.3) is 0 Å². The van der Waals surface area contributed by atoms with Crippen molar-refractivity contribution in [3.8, 4) is 0 Å². The molecular formula is C14H16BrNO3. The number of rotatable bonds is 2. The van der Waals surface area contributed by atoms with E-state index in [4.69, 9.17) is 5.11 Å². The van der Waals surface area contributed by atoms with Gasteiger partial charge in [0.05, 0.1) is 11.5 Å². The number of amides is 1. The molecule has 0 saturated carbocycles. The number of carboxylic acids is 1. The molecule has 0 aliphatic carbocycles. The molecule has 1 saturated heterocycles. The zero-order valence-electron chi connectivity index (χ0n) is 10.9. The Morgan fingerprint density at radius 3 is 2.63 bits per heavy atom. The maximum absolute atomic E-state index is 12.4. The minimum absolute atomic E-state index is 0.00923. The molecule has 4 nitrogen and oxygen atoms in total. The molecule has 2 atom stereocenters. The fourth-order valence-corrected chi connectivity index (χ4v) is 2.84. The van der Waals surface area contributed by atoms with Crippen LogP contribution in [-0.4, -0.2) is 35.0 Å². The van der Waals surface area contributed by atoms with E-state index in [1.165, 1.54) is 0 Å². The van der Waals surface area contributed by atoms with Crippen molar-refractivity contribution in [3.05, 3.63) is 33.8 Å². The Hall–Kier alpha value is -1.36. The van der Waals surface area contributed by atoms with Gasteiger partial charge < -0.3 is 10.0 Å². The SMILES string of the molecule is Cc1ccc(Br)c(C(=O)N2CC(C)C(C(=O)O)C2)c1. The fraction of sp³-hybridized carbons (Fsp3) is 0.429. The summed E-state index contributed by atoms with van der Waals surface area (Å²) in [7, 11) is 0. The molecule has 1 aliphatic heterocycles. The summed E-state index contributed by atoms with van der Waals surface area (Å²) in [6.07, 6.45) is 0. The topological polar surface area (TPSA) is 57.6 Å². The maximum atomic E-state index is 12.4. The lowest BCUT2D eigenvalue weighted by Crippen LogP contribution is -2.30. The second-order valence-electron chi connectivity index (χ2n) is 5.12. The molecule has 5 heteroatoms. The van der Waals surface area contributed by atoms with E-state index in [2.05, 4.69) is 15.9 Å². The third-order valence-corrected chi connectivity index (χ3v) is 4.26. The van der Waals surface area contributed by atoms with Gasteiger partial charge in [0.1, 0.15) is 0 Å². The van der Waals surface area contributed by atoms with E-state index in [0.29, 0.717) is 12.1 Å². The minimum atomic E-state index is -0.828. The van der Waals surface area contributed by atoms with E-state index in [0.717, 1.165) is 10.0 Å². The fourth-order valence-electron chi connectivity index (χ4n) is 2.43. The quantitative estimate of drug-likeness (QED) is 0.909. The van der Waals surface area contributed by atoms with Crippen molar-refractivity contribution in [1.29, 1.82) is 0 Å². The number of carboxylic acid groups (broad SMARTS) is 1. The zero-order chi connectivity index (χ0) is 14.2. The number of carbonyl (C=O) groups is 2. The molecule has 1 aromatic carbocycles. The molecule has 0 spiro atoms. The summed E-state index contributed by atoms with van der Waals surface area (Å²) in [5.74, 6) is -1.41. The van der Waals surface area contributed by atoms with Gasteiger partial charge in [0.25, 0.3) is 5.91 Å². The molecule has 1 heterocycles. The average Bonchev–Trinajstić information content (AvgIpc) is 2.74. The van der Waals surface area contributed by atoms with Crippen molar-refractivity contribution in [1.82, 2.24) is 4.90 Å². The maximum Gasteiger partial charge on any atom is 0.308 e. The third kappa shape index (κ3) is 2.81. The van der Waals surface area contributed by atoms with Crippen molar-refractivity contribution in [2.75, 3.05) is 13.1 Å². The highest BCUT2D eigenvalue weighted by Gasteiger charge is 2.37. The number of hydrogen-bond donors (Lipinski definition) is 1. The van der Waals surface area contributed by atoms with E-state index in [9.17, 15) is 9.59 Å². The first-order valence-corrected chi connectivity index (χ1v) is 6.97. The number of aliphatic carboxylic acids is 1. The second-order valence-corrected chi connectivity index (χ2v) is 5.97. The van der Waals surface area contributed by atoms with Gasteiger partial charge in [-0.3, -0.25) is 9.59 Å². The minimum Gasteiger partial charge on any atom is -0.481 e. The molecule has 19 heavy (non-hydrogen) atoms. The number of carbonyl (C=O) groups excluding carboxylic acids is 1. The average molecular weight is 326 g/mol. The number of benzene rings is 1. The Balaban J connectivity index is 2.22. The summed E-state index contributed by atoms with van der Waals surface area (Å²) in [4.78, 5) is 25.2. The molecule has 1 fully saturated rings. The van der Waals surface area contributed by atoms with Crippen LogP contribution >= 0.6 is 15.9 Å². The van der Waals surface area contributed by atoms with Crippen molar-refractivity contribution < 1.29 is 14.7 Å². The van der Waals surface area contributed by atoms with E-state index in [1.54, 1.807) is 4.90 Å². The summed E-state index contributed by atoms with van der Waals surface area (Å²) in [6.45, 7) is 4.58. The lowest BCUT2D eigenvalue weighted by Gasteiger charge is -2.17. The normalized spacial score (nSPS) is 22.6. The number of hydrogen-bond acceptors (Lipinski definition) is 2. The predicted octanol–water partition coefficient (Wildman–Crippen LogP) is 2.55. The van der Waals surface area contributed by atoms with Crippen LogP contribution in [0.5, 0.6) is 0 Å². The van der Waals surface area contributed by atoms with Gasteiger partial charge in [0.15, 0.2) is 0 Å². The Bertz CT molecular complexity index is 529. The highest BCUT2D eigenvalue weighted by atomic mass is 79.9.